The van der Waals surface area contributed by atoms with Gasteiger partial charge < -0.3 is 14.2 Å². The van der Waals surface area contributed by atoms with Gasteiger partial charge in [-0.1, -0.05) is 47.0 Å². The van der Waals surface area contributed by atoms with Gasteiger partial charge in [-0.05, 0) is 58.3 Å². The molecule has 3 atom stereocenters. The summed E-state index contributed by atoms with van der Waals surface area (Å²) in [7, 11) is 0. The van der Waals surface area contributed by atoms with Crippen molar-refractivity contribution in [3.8, 4) is 0 Å². The molecule has 0 aliphatic heterocycles. The SMILES string of the molecule is CCC(C)CC(CC)CC(CC)COC(C)(C)C(=O)OCCOC(C)C. The lowest BCUT2D eigenvalue weighted by Gasteiger charge is -2.28. The Morgan fingerprint density at radius 3 is 2.00 bits per heavy atom. The van der Waals surface area contributed by atoms with Crippen LogP contribution in [0.4, 0.5) is 0 Å². The number of hydrogen-bond donors (Lipinski definition) is 0. The molecule has 0 radical (unpaired) electrons. The van der Waals surface area contributed by atoms with Crippen LogP contribution in [0.3, 0.4) is 0 Å². The van der Waals surface area contributed by atoms with E-state index in [4.69, 9.17) is 14.2 Å². The molecule has 26 heavy (non-hydrogen) atoms. The Morgan fingerprint density at radius 1 is 0.885 bits per heavy atom. The van der Waals surface area contributed by atoms with E-state index >= 15 is 0 Å². The molecule has 0 saturated heterocycles. The Kier molecular flexibility index (Phi) is 13.2. The van der Waals surface area contributed by atoms with Gasteiger partial charge in [0.05, 0.1) is 19.3 Å². The summed E-state index contributed by atoms with van der Waals surface area (Å²) in [5, 5.41) is 0. The topological polar surface area (TPSA) is 44.8 Å². The standard InChI is InChI=1S/C22H44O4/c1-9-18(6)14-19(10-2)15-20(11-3)16-26-22(7,8)21(23)25-13-12-24-17(4)5/h17-20H,9-16H2,1-8H3. The van der Waals surface area contributed by atoms with Crippen LogP contribution in [-0.2, 0) is 19.0 Å². The molecule has 0 aliphatic rings. The zero-order chi connectivity index (χ0) is 20.2. The molecule has 0 aromatic heterocycles. The van der Waals surface area contributed by atoms with E-state index in [2.05, 4.69) is 27.7 Å². The highest BCUT2D eigenvalue weighted by Crippen LogP contribution is 2.27. The van der Waals surface area contributed by atoms with Crippen molar-refractivity contribution in [2.45, 2.75) is 99.2 Å². The Balaban J connectivity index is 4.38. The average molecular weight is 373 g/mol. The Labute approximate surface area is 162 Å². The van der Waals surface area contributed by atoms with Crippen LogP contribution in [0, 0.1) is 17.8 Å². The fraction of sp³-hybridized carbons (Fsp3) is 0.955. The molecule has 156 valence electrons. The molecule has 0 amide bonds. The number of hydrogen-bond acceptors (Lipinski definition) is 4. The summed E-state index contributed by atoms with van der Waals surface area (Å²) in [5.74, 6) is 1.69. The molecule has 0 heterocycles. The molecule has 0 bridgehead atoms. The van der Waals surface area contributed by atoms with Gasteiger partial charge in [0.1, 0.15) is 6.61 Å². The molecule has 0 rings (SSSR count). The third-order valence-corrected chi connectivity index (χ3v) is 5.19. The van der Waals surface area contributed by atoms with Crippen LogP contribution in [0.15, 0.2) is 0 Å². The predicted octanol–water partition coefficient (Wildman–Crippen LogP) is 5.63. The molecule has 4 heteroatoms. The minimum absolute atomic E-state index is 0.144. The molecule has 3 unspecified atom stereocenters. The average Bonchev–Trinajstić information content (AvgIpc) is 2.60. The van der Waals surface area contributed by atoms with Gasteiger partial charge in [0.25, 0.3) is 0 Å². The number of carbonyl (C=O) groups excluding carboxylic acids is 1. The molecule has 0 saturated carbocycles. The summed E-state index contributed by atoms with van der Waals surface area (Å²) in [4.78, 5) is 12.3. The Hall–Kier alpha value is -0.610. The van der Waals surface area contributed by atoms with Crippen molar-refractivity contribution in [2.75, 3.05) is 19.8 Å². The molecular weight excluding hydrogens is 328 g/mol. The third-order valence-electron chi connectivity index (χ3n) is 5.19. The first kappa shape index (κ1) is 25.4. The Morgan fingerprint density at radius 2 is 1.50 bits per heavy atom. The van der Waals surface area contributed by atoms with Crippen molar-refractivity contribution in [3.63, 3.8) is 0 Å². The van der Waals surface area contributed by atoms with Gasteiger partial charge in [0.2, 0.25) is 0 Å². The summed E-state index contributed by atoms with van der Waals surface area (Å²) in [6, 6.07) is 0. The van der Waals surface area contributed by atoms with E-state index in [0.29, 0.717) is 19.1 Å². The molecule has 0 aliphatic carbocycles. The number of esters is 1. The highest BCUT2D eigenvalue weighted by Gasteiger charge is 2.31. The maximum Gasteiger partial charge on any atom is 0.337 e. The number of rotatable bonds is 15. The molecule has 0 spiro atoms. The molecule has 0 N–H and O–H groups in total. The van der Waals surface area contributed by atoms with Crippen LogP contribution >= 0.6 is 0 Å². The summed E-state index contributed by atoms with van der Waals surface area (Å²) >= 11 is 0. The van der Waals surface area contributed by atoms with Crippen molar-refractivity contribution in [3.05, 3.63) is 0 Å². The minimum atomic E-state index is -0.913. The first-order valence-corrected chi connectivity index (χ1v) is 10.6. The molecular formula is C22H44O4. The van der Waals surface area contributed by atoms with Crippen LogP contribution < -0.4 is 0 Å². The van der Waals surface area contributed by atoms with E-state index in [1.165, 1.54) is 25.7 Å². The second-order valence-electron chi connectivity index (χ2n) is 8.41. The zero-order valence-electron chi connectivity index (χ0n) is 18.6. The van der Waals surface area contributed by atoms with Gasteiger partial charge in [-0.3, -0.25) is 0 Å². The predicted molar refractivity (Wildman–Crippen MR) is 108 cm³/mol. The second kappa shape index (κ2) is 13.5. The van der Waals surface area contributed by atoms with Crippen LogP contribution in [-0.4, -0.2) is 37.5 Å². The van der Waals surface area contributed by atoms with Crippen molar-refractivity contribution in [1.29, 1.82) is 0 Å². The van der Waals surface area contributed by atoms with E-state index in [1.54, 1.807) is 13.8 Å². The molecule has 0 aromatic carbocycles. The summed E-state index contributed by atoms with van der Waals surface area (Å²) < 4.78 is 16.7. The van der Waals surface area contributed by atoms with Crippen LogP contribution in [0.5, 0.6) is 0 Å². The maximum absolute atomic E-state index is 12.3. The lowest BCUT2D eigenvalue weighted by Crippen LogP contribution is -2.39. The molecule has 4 nitrogen and oxygen atoms in total. The fourth-order valence-corrected chi connectivity index (χ4v) is 2.97. The lowest BCUT2D eigenvalue weighted by atomic mass is 9.84. The van der Waals surface area contributed by atoms with Gasteiger partial charge in [-0.25, -0.2) is 4.79 Å². The van der Waals surface area contributed by atoms with Gasteiger partial charge in [-0.15, -0.1) is 0 Å². The minimum Gasteiger partial charge on any atom is -0.461 e. The highest BCUT2D eigenvalue weighted by atomic mass is 16.6. The van der Waals surface area contributed by atoms with Gasteiger partial charge in [0.15, 0.2) is 5.60 Å². The molecule has 0 fully saturated rings. The summed E-state index contributed by atoms with van der Waals surface area (Å²) in [6.07, 6.45) is 6.12. The van der Waals surface area contributed by atoms with Crippen LogP contribution in [0.2, 0.25) is 0 Å². The largest absolute Gasteiger partial charge is 0.461 e. The monoisotopic (exact) mass is 372 g/mol. The third kappa shape index (κ3) is 11.2. The summed E-state index contributed by atoms with van der Waals surface area (Å²) in [6.45, 7) is 17.9. The van der Waals surface area contributed by atoms with E-state index in [0.717, 1.165) is 18.3 Å². The van der Waals surface area contributed by atoms with Gasteiger partial charge >= 0.3 is 5.97 Å². The fourth-order valence-electron chi connectivity index (χ4n) is 2.97. The molecule has 0 aromatic rings. The first-order valence-electron chi connectivity index (χ1n) is 10.6. The smallest absolute Gasteiger partial charge is 0.337 e. The number of ether oxygens (including phenoxy) is 3. The van der Waals surface area contributed by atoms with E-state index < -0.39 is 5.60 Å². The van der Waals surface area contributed by atoms with E-state index in [1.807, 2.05) is 13.8 Å². The quantitative estimate of drug-likeness (QED) is 0.276. The number of carbonyl (C=O) groups is 1. The van der Waals surface area contributed by atoms with Crippen LogP contribution in [0.25, 0.3) is 0 Å². The Bertz CT molecular complexity index is 365. The van der Waals surface area contributed by atoms with E-state index in [-0.39, 0.29) is 18.7 Å². The normalized spacial score (nSPS) is 15.7. The second-order valence-corrected chi connectivity index (χ2v) is 8.41. The van der Waals surface area contributed by atoms with Crippen molar-refractivity contribution in [1.82, 2.24) is 0 Å². The van der Waals surface area contributed by atoms with E-state index in [9.17, 15) is 4.79 Å². The van der Waals surface area contributed by atoms with Crippen molar-refractivity contribution in [2.24, 2.45) is 17.8 Å². The first-order chi connectivity index (χ1) is 12.2. The zero-order valence-corrected chi connectivity index (χ0v) is 18.6. The van der Waals surface area contributed by atoms with Gasteiger partial charge in [-0.2, -0.15) is 0 Å². The van der Waals surface area contributed by atoms with Crippen molar-refractivity contribution >= 4 is 5.97 Å². The lowest BCUT2D eigenvalue weighted by molar-refractivity contribution is -0.171. The van der Waals surface area contributed by atoms with Crippen LogP contribution in [0.1, 0.15) is 87.5 Å². The summed E-state index contributed by atoms with van der Waals surface area (Å²) in [5.41, 5.74) is -0.913. The van der Waals surface area contributed by atoms with Crippen molar-refractivity contribution < 1.29 is 19.0 Å². The maximum atomic E-state index is 12.3. The highest BCUT2D eigenvalue weighted by molar-refractivity contribution is 5.78. The van der Waals surface area contributed by atoms with Gasteiger partial charge in [0, 0.05) is 0 Å².